The van der Waals surface area contributed by atoms with E-state index in [1.807, 2.05) is 0 Å². The summed E-state index contributed by atoms with van der Waals surface area (Å²) in [7, 11) is 0.544. The molecule has 0 aromatic heterocycles. The van der Waals surface area contributed by atoms with Crippen LogP contribution in [0.5, 0.6) is 11.5 Å². The Morgan fingerprint density at radius 1 is 1.15 bits per heavy atom. The van der Waals surface area contributed by atoms with Crippen LogP contribution >= 0.6 is 0 Å². The minimum absolute atomic E-state index is 0.0717. The van der Waals surface area contributed by atoms with Gasteiger partial charge in [0, 0.05) is 18.7 Å². The second-order valence-corrected chi connectivity index (χ2v) is 7.70. The molecule has 1 aromatic rings. The Labute approximate surface area is 152 Å². The summed E-state index contributed by atoms with van der Waals surface area (Å²) < 4.78 is 39.9. The number of hydrogen-bond acceptors (Lipinski definition) is 7. The number of nitrogens with zero attached hydrogens (tertiary/aromatic N) is 1. The minimum atomic E-state index is -3.51. The van der Waals surface area contributed by atoms with Crippen LogP contribution in [0.15, 0.2) is 12.1 Å². The normalized spacial score (nSPS) is 17.6. The number of anilines is 1. The SMILES string of the molecule is COC(=O)c1cc(OC)c(OC)cc1NC(=O)[C@@H]1CCCN1S(C)(=O)=O. The van der Waals surface area contributed by atoms with Crippen LogP contribution < -0.4 is 14.8 Å². The van der Waals surface area contributed by atoms with Crippen LogP contribution in [0.1, 0.15) is 23.2 Å². The highest BCUT2D eigenvalue weighted by Crippen LogP contribution is 2.34. The number of hydrogen-bond donors (Lipinski definition) is 1. The Kier molecular flexibility index (Phi) is 6.09. The average molecular weight is 386 g/mol. The Morgan fingerprint density at radius 2 is 1.77 bits per heavy atom. The summed E-state index contributed by atoms with van der Waals surface area (Å²) in [6.45, 7) is 0.284. The fraction of sp³-hybridized carbons (Fsp3) is 0.500. The van der Waals surface area contributed by atoms with E-state index in [9.17, 15) is 18.0 Å². The molecule has 1 fully saturated rings. The zero-order valence-corrected chi connectivity index (χ0v) is 15.9. The summed E-state index contributed by atoms with van der Waals surface area (Å²) in [4.78, 5) is 24.7. The van der Waals surface area contributed by atoms with Crippen molar-refractivity contribution in [3.8, 4) is 11.5 Å². The van der Waals surface area contributed by atoms with Gasteiger partial charge in [-0.25, -0.2) is 13.2 Å². The topological polar surface area (TPSA) is 111 Å². The van der Waals surface area contributed by atoms with Gasteiger partial charge in [-0.3, -0.25) is 4.79 Å². The number of carbonyl (C=O) groups is 2. The van der Waals surface area contributed by atoms with Gasteiger partial charge in [-0.05, 0) is 12.8 Å². The second-order valence-electron chi connectivity index (χ2n) is 5.77. The maximum atomic E-state index is 12.6. The first-order valence-corrected chi connectivity index (χ1v) is 9.69. The van der Waals surface area contributed by atoms with Crippen LogP contribution in [-0.2, 0) is 19.6 Å². The van der Waals surface area contributed by atoms with Gasteiger partial charge in [0.15, 0.2) is 11.5 Å². The van der Waals surface area contributed by atoms with Crippen LogP contribution in [-0.4, -0.2) is 64.8 Å². The molecule has 1 aromatic carbocycles. The van der Waals surface area contributed by atoms with Gasteiger partial charge in [0.25, 0.3) is 0 Å². The quantitative estimate of drug-likeness (QED) is 0.722. The van der Waals surface area contributed by atoms with Crippen molar-refractivity contribution in [3.05, 3.63) is 17.7 Å². The fourth-order valence-corrected chi connectivity index (χ4v) is 4.00. The highest BCUT2D eigenvalue weighted by Gasteiger charge is 2.37. The van der Waals surface area contributed by atoms with E-state index in [4.69, 9.17) is 14.2 Å². The Bertz CT molecular complexity index is 807. The number of esters is 1. The Morgan fingerprint density at radius 3 is 2.31 bits per heavy atom. The molecule has 1 N–H and O–H groups in total. The van der Waals surface area contributed by atoms with Gasteiger partial charge in [0.1, 0.15) is 6.04 Å². The van der Waals surface area contributed by atoms with Gasteiger partial charge in [-0.2, -0.15) is 4.31 Å². The number of rotatable bonds is 6. The molecule has 0 radical (unpaired) electrons. The summed E-state index contributed by atoms with van der Waals surface area (Å²) in [6.07, 6.45) is 2.05. The first kappa shape index (κ1) is 20.0. The number of methoxy groups -OCH3 is 3. The molecular weight excluding hydrogens is 364 g/mol. The summed E-state index contributed by atoms with van der Waals surface area (Å²) in [5.41, 5.74) is 0.224. The first-order valence-electron chi connectivity index (χ1n) is 7.85. The zero-order chi connectivity index (χ0) is 19.5. The third kappa shape index (κ3) is 4.07. The van der Waals surface area contributed by atoms with Gasteiger partial charge in [-0.15, -0.1) is 0 Å². The lowest BCUT2D eigenvalue weighted by atomic mass is 10.1. The molecule has 9 nitrogen and oxygen atoms in total. The number of amides is 1. The second kappa shape index (κ2) is 7.92. The maximum absolute atomic E-state index is 12.6. The van der Waals surface area contributed by atoms with Crippen molar-refractivity contribution in [2.45, 2.75) is 18.9 Å². The number of sulfonamides is 1. The predicted octanol–water partition coefficient (Wildman–Crippen LogP) is 0.853. The predicted molar refractivity (Wildman–Crippen MR) is 94.1 cm³/mol. The standard InChI is InChI=1S/C16H22N2O7S/c1-23-13-8-10(16(20)25-3)11(9-14(13)24-2)17-15(19)12-6-5-7-18(12)26(4,21)22/h8-9,12H,5-7H2,1-4H3,(H,17,19)/t12-/m0/s1. The molecule has 1 aliphatic heterocycles. The van der Waals surface area contributed by atoms with Gasteiger partial charge < -0.3 is 19.5 Å². The Balaban J connectivity index is 2.38. The van der Waals surface area contributed by atoms with E-state index < -0.39 is 27.9 Å². The first-order chi connectivity index (χ1) is 12.2. The van der Waals surface area contributed by atoms with Crippen molar-refractivity contribution in [2.24, 2.45) is 0 Å². The number of carbonyl (C=O) groups excluding carboxylic acids is 2. The maximum Gasteiger partial charge on any atom is 0.340 e. The van der Waals surface area contributed by atoms with Crippen molar-refractivity contribution >= 4 is 27.6 Å². The summed E-state index contributed by atoms with van der Waals surface area (Å²) in [6, 6.07) is 2.00. The van der Waals surface area contributed by atoms with Gasteiger partial charge in [-0.1, -0.05) is 0 Å². The molecule has 0 aliphatic carbocycles. The van der Waals surface area contributed by atoms with E-state index in [0.29, 0.717) is 24.3 Å². The third-order valence-corrected chi connectivity index (χ3v) is 5.41. The zero-order valence-electron chi connectivity index (χ0n) is 15.1. The monoisotopic (exact) mass is 386 g/mol. The molecule has 2 rings (SSSR count). The Hall–Kier alpha value is -2.33. The van der Waals surface area contributed by atoms with Crippen molar-refractivity contribution in [1.29, 1.82) is 0 Å². The molecule has 144 valence electrons. The third-order valence-electron chi connectivity index (χ3n) is 4.12. The molecule has 1 aliphatic rings. The van der Waals surface area contributed by atoms with Gasteiger partial charge in [0.05, 0.1) is 38.8 Å². The molecule has 10 heteroatoms. The molecule has 1 heterocycles. The van der Waals surface area contributed by atoms with Gasteiger partial charge >= 0.3 is 5.97 Å². The summed E-state index contributed by atoms with van der Waals surface area (Å²) in [5.74, 6) is -0.593. The van der Waals surface area contributed by atoms with Crippen LogP contribution in [0.2, 0.25) is 0 Å². The molecule has 1 amide bonds. The highest BCUT2D eigenvalue weighted by molar-refractivity contribution is 7.88. The lowest BCUT2D eigenvalue weighted by Crippen LogP contribution is -2.42. The van der Waals surface area contributed by atoms with Crippen molar-refractivity contribution < 1.29 is 32.2 Å². The molecule has 0 saturated carbocycles. The molecular formula is C16H22N2O7S. The minimum Gasteiger partial charge on any atom is -0.493 e. The molecule has 0 unspecified atom stereocenters. The molecule has 1 saturated heterocycles. The number of benzene rings is 1. The van der Waals surface area contributed by atoms with E-state index >= 15 is 0 Å². The summed E-state index contributed by atoms with van der Waals surface area (Å²) in [5, 5.41) is 2.61. The van der Waals surface area contributed by atoms with Crippen molar-refractivity contribution in [2.75, 3.05) is 39.4 Å². The molecule has 0 bridgehead atoms. The van der Waals surface area contributed by atoms with E-state index in [1.165, 1.54) is 33.5 Å². The molecule has 0 spiro atoms. The smallest absolute Gasteiger partial charge is 0.340 e. The van der Waals surface area contributed by atoms with Crippen LogP contribution in [0.25, 0.3) is 0 Å². The lowest BCUT2D eigenvalue weighted by Gasteiger charge is -2.22. The van der Waals surface area contributed by atoms with Crippen LogP contribution in [0, 0.1) is 0 Å². The lowest BCUT2D eigenvalue weighted by molar-refractivity contribution is -0.119. The van der Waals surface area contributed by atoms with E-state index in [-0.39, 0.29) is 17.8 Å². The highest BCUT2D eigenvalue weighted by atomic mass is 32.2. The van der Waals surface area contributed by atoms with Crippen LogP contribution in [0.4, 0.5) is 5.69 Å². The molecule has 26 heavy (non-hydrogen) atoms. The number of ether oxygens (including phenoxy) is 3. The average Bonchev–Trinajstić information content (AvgIpc) is 3.10. The van der Waals surface area contributed by atoms with E-state index in [1.54, 1.807) is 0 Å². The largest absolute Gasteiger partial charge is 0.493 e. The van der Waals surface area contributed by atoms with Gasteiger partial charge in [0.2, 0.25) is 15.9 Å². The molecule has 1 atom stereocenters. The van der Waals surface area contributed by atoms with E-state index in [0.717, 1.165) is 10.6 Å². The summed E-state index contributed by atoms with van der Waals surface area (Å²) >= 11 is 0. The fourth-order valence-electron chi connectivity index (χ4n) is 2.88. The number of nitrogens with one attached hydrogen (secondary N) is 1. The van der Waals surface area contributed by atoms with Crippen LogP contribution in [0.3, 0.4) is 0 Å². The van der Waals surface area contributed by atoms with Crippen molar-refractivity contribution in [3.63, 3.8) is 0 Å². The van der Waals surface area contributed by atoms with E-state index in [2.05, 4.69) is 5.32 Å². The van der Waals surface area contributed by atoms with Crippen molar-refractivity contribution in [1.82, 2.24) is 4.31 Å².